The number of halogens is 2. The van der Waals surface area contributed by atoms with E-state index in [9.17, 15) is 8.96 Å². The summed E-state index contributed by atoms with van der Waals surface area (Å²) < 4.78 is 24.6. The third-order valence-electron chi connectivity index (χ3n) is 1.86. The number of anilines is 2. The van der Waals surface area contributed by atoms with Gasteiger partial charge in [0.1, 0.15) is 6.23 Å². The van der Waals surface area contributed by atoms with Gasteiger partial charge in [-0.15, -0.1) is 0 Å². The molecule has 1 unspecified atom stereocenters. The Morgan fingerprint density at radius 1 is 1.60 bits per heavy atom. The second kappa shape index (κ2) is 4.88. The van der Waals surface area contributed by atoms with Crippen LogP contribution < -0.4 is 10.7 Å². The average Bonchev–Trinajstić information content (AvgIpc) is 2.16. The molecular formula is C9H13F2N3O. The second-order valence-electron chi connectivity index (χ2n) is 3.11. The fraction of sp³-hybridized carbons (Fsp3) is 0.444. The number of aryl methyl sites for hydroxylation is 1. The smallest absolute Gasteiger partial charge is 0.197 e. The number of hydrogen-bond donors (Lipinski definition) is 2. The van der Waals surface area contributed by atoms with Crippen LogP contribution in [0.4, 0.5) is 20.5 Å². The molecule has 0 spiro atoms. The maximum Gasteiger partial charge on any atom is 0.197 e. The highest BCUT2D eigenvalue weighted by atomic mass is 19.4. The Labute approximate surface area is 86.4 Å². The molecule has 1 atom stereocenters. The number of aliphatic hydroxyl groups excluding tert-OH is 1. The number of nitrogens with one attached hydrogen (secondary N) is 1. The SMILES string of the molecule is CCc1cc(NC(C)O)cnc1N(F)F. The largest absolute Gasteiger partial charge is 0.374 e. The molecule has 6 heteroatoms. The van der Waals surface area contributed by atoms with E-state index in [1.165, 1.54) is 13.1 Å². The van der Waals surface area contributed by atoms with E-state index in [1.54, 1.807) is 13.0 Å². The molecule has 0 aliphatic rings. The van der Waals surface area contributed by atoms with Gasteiger partial charge in [0.25, 0.3) is 0 Å². The summed E-state index contributed by atoms with van der Waals surface area (Å²) in [4.78, 5) is 3.60. The predicted octanol–water partition coefficient (Wildman–Crippen LogP) is 1.97. The van der Waals surface area contributed by atoms with E-state index in [1.807, 2.05) is 0 Å². The highest BCUT2D eigenvalue weighted by Crippen LogP contribution is 2.22. The first-order valence-electron chi connectivity index (χ1n) is 4.59. The van der Waals surface area contributed by atoms with Crippen LogP contribution in [0.1, 0.15) is 19.4 Å². The van der Waals surface area contributed by atoms with Gasteiger partial charge in [0.05, 0.1) is 11.9 Å². The average molecular weight is 217 g/mol. The fourth-order valence-electron chi connectivity index (χ4n) is 1.24. The molecule has 0 radical (unpaired) electrons. The van der Waals surface area contributed by atoms with E-state index in [-0.39, 0.29) is 5.82 Å². The summed E-state index contributed by atoms with van der Waals surface area (Å²) in [7, 11) is 0. The Hall–Kier alpha value is -1.43. The van der Waals surface area contributed by atoms with Crippen LogP contribution in [0.5, 0.6) is 0 Å². The minimum Gasteiger partial charge on any atom is -0.374 e. The maximum absolute atomic E-state index is 12.3. The molecular weight excluding hydrogens is 204 g/mol. The van der Waals surface area contributed by atoms with E-state index in [2.05, 4.69) is 10.3 Å². The van der Waals surface area contributed by atoms with Crippen molar-refractivity contribution in [2.24, 2.45) is 0 Å². The van der Waals surface area contributed by atoms with Gasteiger partial charge in [-0.25, -0.2) is 4.98 Å². The van der Waals surface area contributed by atoms with Crippen LogP contribution in [-0.2, 0) is 6.42 Å². The lowest BCUT2D eigenvalue weighted by molar-refractivity contribution is 0.224. The van der Waals surface area contributed by atoms with Crippen molar-refractivity contribution in [1.82, 2.24) is 4.98 Å². The van der Waals surface area contributed by atoms with Crippen LogP contribution in [0.15, 0.2) is 12.3 Å². The molecule has 0 aromatic carbocycles. The molecule has 0 amide bonds. The number of hydrogen-bond acceptors (Lipinski definition) is 4. The van der Waals surface area contributed by atoms with E-state index >= 15 is 0 Å². The summed E-state index contributed by atoms with van der Waals surface area (Å²) in [5.41, 5.74) is 0.943. The van der Waals surface area contributed by atoms with E-state index in [0.717, 1.165) is 0 Å². The standard InChI is InChI=1S/C9H13F2N3O/c1-3-7-4-8(13-6(2)15)5-12-9(7)14(10)11/h4-6,13,15H,3H2,1-2H3. The van der Waals surface area contributed by atoms with Gasteiger partial charge in [0.2, 0.25) is 0 Å². The zero-order valence-corrected chi connectivity index (χ0v) is 8.54. The number of pyridine rings is 1. The molecule has 0 aliphatic carbocycles. The second-order valence-corrected chi connectivity index (χ2v) is 3.11. The van der Waals surface area contributed by atoms with E-state index < -0.39 is 11.6 Å². The van der Waals surface area contributed by atoms with Crippen molar-refractivity contribution in [2.75, 3.05) is 10.7 Å². The summed E-state index contributed by atoms with van der Waals surface area (Å²) in [5, 5.41) is 10.7. The Balaban J connectivity index is 2.97. The van der Waals surface area contributed by atoms with Gasteiger partial charge in [0.15, 0.2) is 5.82 Å². The lowest BCUT2D eigenvalue weighted by Gasteiger charge is -2.12. The molecule has 15 heavy (non-hydrogen) atoms. The minimum absolute atomic E-state index is 0.353. The molecule has 1 aromatic rings. The molecule has 1 heterocycles. The lowest BCUT2D eigenvalue weighted by atomic mass is 10.2. The van der Waals surface area contributed by atoms with Crippen molar-refractivity contribution < 1.29 is 14.1 Å². The zero-order chi connectivity index (χ0) is 11.4. The highest BCUT2D eigenvalue weighted by Gasteiger charge is 2.11. The number of aliphatic hydroxyl groups is 1. The highest BCUT2D eigenvalue weighted by molar-refractivity contribution is 5.53. The van der Waals surface area contributed by atoms with Crippen molar-refractivity contribution in [3.05, 3.63) is 17.8 Å². The predicted molar refractivity (Wildman–Crippen MR) is 53.6 cm³/mol. The monoisotopic (exact) mass is 217 g/mol. The van der Waals surface area contributed by atoms with Gasteiger partial charge in [0, 0.05) is 5.56 Å². The molecule has 1 aromatic heterocycles. The van der Waals surface area contributed by atoms with E-state index in [0.29, 0.717) is 17.7 Å². The van der Waals surface area contributed by atoms with Crippen LogP contribution in [-0.4, -0.2) is 16.3 Å². The summed E-state index contributed by atoms with van der Waals surface area (Å²) in [6.45, 7) is 3.30. The fourth-order valence-corrected chi connectivity index (χ4v) is 1.24. The third-order valence-corrected chi connectivity index (χ3v) is 1.86. The van der Waals surface area contributed by atoms with Crippen molar-refractivity contribution >= 4 is 11.5 Å². The molecule has 0 aliphatic heterocycles. The number of rotatable bonds is 4. The maximum atomic E-state index is 12.3. The van der Waals surface area contributed by atoms with E-state index in [4.69, 9.17) is 5.11 Å². The molecule has 0 fully saturated rings. The summed E-state index contributed by atoms with van der Waals surface area (Å²) in [6, 6.07) is 1.54. The van der Waals surface area contributed by atoms with Crippen LogP contribution >= 0.6 is 0 Å². The minimum atomic E-state index is -1.01. The molecule has 0 saturated carbocycles. The van der Waals surface area contributed by atoms with Crippen LogP contribution in [0.25, 0.3) is 0 Å². The van der Waals surface area contributed by atoms with Gasteiger partial charge < -0.3 is 10.4 Å². The van der Waals surface area contributed by atoms with Crippen molar-refractivity contribution in [3.63, 3.8) is 0 Å². The quantitative estimate of drug-likeness (QED) is 0.598. The molecule has 0 saturated heterocycles. The zero-order valence-electron chi connectivity index (χ0n) is 8.54. The molecule has 4 nitrogen and oxygen atoms in total. The van der Waals surface area contributed by atoms with Crippen LogP contribution in [0.2, 0.25) is 0 Å². The Kier molecular flexibility index (Phi) is 3.79. The Bertz CT molecular complexity index is 331. The number of nitrogens with zero attached hydrogens (tertiary/aromatic N) is 2. The van der Waals surface area contributed by atoms with Gasteiger partial charge >= 0.3 is 0 Å². The van der Waals surface area contributed by atoms with Gasteiger partial charge in [-0.3, -0.25) is 0 Å². The normalized spacial score (nSPS) is 12.3. The van der Waals surface area contributed by atoms with Crippen molar-refractivity contribution in [3.8, 4) is 0 Å². The van der Waals surface area contributed by atoms with Gasteiger partial charge in [-0.1, -0.05) is 15.9 Å². The molecule has 1 rings (SSSR count). The first kappa shape index (κ1) is 11.6. The van der Waals surface area contributed by atoms with Crippen molar-refractivity contribution in [1.29, 1.82) is 0 Å². The Morgan fingerprint density at radius 2 is 2.27 bits per heavy atom. The first-order valence-corrected chi connectivity index (χ1v) is 4.59. The summed E-state index contributed by atoms with van der Waals surface area (Å²) in [6.07, 6.45) is 0.962. The number of aromatic nitrogens is 1. The van der Waals surface area contributed by atoms with Gasteiger partial charge in [-0.05, 0) is 24.8 Å². The first-order chi connectivity index (χ1) is 7.04. The molecule has 84 valence electrons. The van der Waals surface area contributed by atoms with Crippen LogP contribution in [0, 0.1) is 0 Å². The Morgan fingerprint density at radius 3 is 2.73 bits per heavy atom. The van der Waals surface area contributed by atoms with Gasteiger partial charge in [-0.2, -0.15) is 0 Å². The molecule has 0 bridgehead atoms. The van der Waals surface area contributed by atoms with Crippen molar-refractivity contribution in [2.45, 2.75) is 26.5 Å². The summed E-state index contributed by atoms with van der Waals surface area (Å²) >= 11 is 0. The third kappa shape index (κ3) is 3.02. The molecule has 2 N–H and O–H groups in total. The summed E-state index contributed by atoms with van der Waals surface area (Å²) in [5.74, 6) is -0.353. The van der Waals surface area contributed by atoms with Crippen LogP contribution in [0.3, 0.4) is 0 Å². The lowest BCUT2D eigenvalue weighted by Crippen LogP contribution is -2.14. The topological polar surface area (TPSA) is 48.4 Å².